The molecule has 0 bridgehead atoms. The number of carbonyl (C=O) groups excluding carboxylic acids is 1. The van der Waals surface area contributed by atoms with E-state index in [0.717, 1.165) is 5.69 Å². The van der Waals surface area contributed by atoms with Crippen LogP contribution >= 0.6 is 0 Å². The van der Waals surface area contributed by atoms with Gasteiger partial charge in [0, 0.05) is 44.7 Å². The van der Waals surface area contributed by atoms with Crippen LogP contribution in [0.25, 0.3) is 0 Å². The molecule has 1 aliphatic rings. The number of piperazine rings is 1. The Balaban J connectivity index is 1.78. The van der Waals surface area contributed by atoms with Crippen LogP contribution in [0.2, 0.25) is 0 Å². The lowest BCUT2D eigenvalue weighted by molar-refractivity contribution is -0.137. The zero-order chi connectivity index (χ0) is 15.2. The third-order valence-electron chi connectivity index (χ3n) is 3.61. The van der Waals surface area contributed by atoms with E-state index in [0.29, 0.717) is 32.6 Å². The molecule has 114 valence electrons. The van der Waals surface area contributed by atoms with Gasteiger partial charge in [0.15, 0.2) is 0 Å². The van der Waals surface area contributed by atoms with Gasteiger partial charge in [0.2, 0.25) is 5.91 Å². The fourth-order valence-electron chi connectivity index (χ4n) is 2.41. The average Bonchev–Trinajstić information content (AvgIpc) is 2.48. The Morgan fingerprint density at radius 2 is 1.67 bits per heavy atom. The third-order valence-corrected chi connectivity index (χ3v) is 3.61. The minimum absolute atomic E-state index is 0.00926. The summed E-state index contributed by atoms with van der Waals surface area (Å²) in [6.45, 7) is 2.64. The third kappa shape index (κ3) is 4.44. The lowest BCUT2D eigenvalue weighted by Gasteiger charge is -2.36. The van der Waals surface area contributed by atoms with Crippen molar-refractivity contribution in [3.05, 3.63) is 30.1 Å². The van der Waals surface area contributed by atoms with Gasteiger partial charge in [0.05, 0.1) is 0 Å². The Kier molecular flexibility index (Phi) is 5.14. The van der Waals surface area contributed by atoms with Crippen LogP contribution in [0, 0.1) is 5.82 Å². The molecule has 1 aromatic carbocycles. The molecule has 0 aliphatic carbocycles. The van der Waals surface area contributed by atoms with Crippen molar-refractivity contribution in [1.29, 1.82) is 0 Å². The van der Waals surface area contributed by atoms with Crippen molar-refractivity contribution in [3.63, 3.8) is 0 Å². The lowest BCUT2D eigenvalue weighted by Crippen LogP contribution is -2.48. The molecular weight excluding hydrogens is 275 g/mol. The molecule has 1 fully saturated rings. The molecule has 0 spiro atoms. The number of hydrogen-bond donors (Lipinski definition) is 1. The van der Waals surface area contributed by atoms with Crippen molar-refractivity contribution in [2.45, 2.75) is 19.3 Å². The van der Waals surface area contributed by atoms with E-state index in [2.05, 4.69) is 4.90 Å². The number of halogens is 1. The summed E-state index contributed by atoms with van der Waals surface area (Å²) in [4.78, 5) is 26.2. The van der Waals surface area contributed by atoms with E-state index in [1.165, 1.54) is 12.1 Å². The Bertz CT molecular complexity index is 496. The average molecular weight is 294 g/mol. The second-order valence-electron chi connectivity index (χ2n) is 5.09. The van der Waals surface area contributed by atoms with Gasteiger partial charge in [-0.2, -0.15) is 0 Å². The topological polar surface area (TPSA) is 60.9 Å². The summed E-state index contributed by atoms with van der Waals surface area (Å²) in [5.41, 5.74) is 0.953. The first-order valence-electron chi connectivity index (χ1n) is 7.06. The molecule has 21 heavy (non-hydrogen) atoms. The van der Waals surface area contributed by atoms with E-state index in [-0.39, 0.29) is 24.6 Å². The smallest absolute Gasteiger partial charge is 0.303 e. The van der Waals surface area contributed by atoms with Gasteiger partial charge in [-0.05, 0) is 30.7 Å². The van der Waals surface area contributed by atoms with Crippen molar-refractivity contribution in [1.82, 2.24) is 4.90 Å². The highest BCUT2D eigenvalue weighted by Gasteiger charge is 2.21. The Hall–Kier alpha value is -2.11. The second-order valence-corrected chi connectivity index (χ2v) is 5.09. The first-order chi connectivity index (χ1) is 10.1. The van der Waals surface area contributed by atoms with E-state index in [4.69, 9.17) is 5.11 Å². The van der Waals surface area contributed by atoms with Gasteiger partial charge >= 0.3 is 5.97 Å². The molecule has 1 heterocycles. The molecule has 1 aliphatic heterocycles. The van der Waals surface area contributed by atoms with Gasteiger partial charge < -0.3 is 14.9 Å². The standard InChI is InChI=1S/C15H19FN2O3/c16-12-4-6-13(7-5-12)17-8-10-18(11-9-17)14(19)2-1-3-15(20)21/h4-7H,1-3,8-11H2,(H,20,21). The maximum atomic E-state index is 12.9. The number of rotatable bonds is 5. The summed E-state index contributed by atoms with van der Waals surface area (Å²) >= 11 is 0. The molecule has 0 atom stereocenters. The van der Waals surface area contributed by atoms with Gasteiger partial charge in [-0.15, -0.1) is 0 Å². The van der Waals surface area contributed by atoms with Crippen LogP contribution in [-0.4, -0.2) is 48.1 Å². The highest BCUT2D eigenvalue weighted by Crippen LogP contribution is 2.17. The van der Waals surface area contributed by atoms with Crippen LogP contribution in [-0.2, 0) is 9.59 Å². The fourth-order valence-corrected chi connectivity index (χ4v) is 2.41. The zero-order valence-electron chi connectivity index (χ0n) is 11.8. The Morgan fingerprint density at radius 3 is 2.24 bits per heavy atom. The molecule has 0 radical (unpaired) electrons. The van der Waals surface area contributed by atoms with Crippen LogP contribution in [0.5, 0.6) is 0 Å². The monoisotopic (exact) mass is 294 g/mol. The number of carboxylic acid groups (broad SMARTS) is 1. The van der Waals surface area contributed by atoms with Gasteiger partial charge in [-0.25, -0.2) is 4.39 Å². The van der Waals surface area contributed by atoms with E-state index in [9.17, 15) is 14.0 Å². The maximum Gasteiger partial charge on any atom is 0.303 e. The SMILES string of the molecule is O=C(O)CCCC(=O)N1CCN(c2ccc(F)cc2)CC1. The Labute approximate surface area is 123 Å². The van der Waals surface area contributed by atoms with Crippen molar-refractivity contribution < 1.29 is 19.1 Å². The summed E-state index contributed by atoms with van der Waals surface area (Å²) in [5, 5.41) is 8.56. The molecule has 2 rings (SSSR count). The van der Waals surface area contributed by atoms with Crippen molar-refractivity contribution >= 4 is 17.6 Å². The predicted molar refractivity (Wildman–Crippen MR) is 76.7 cm³/mol. The van der Waals surface area contributed by atoms with E-state index >= 15 is 0 Å². The number of nitrogens with zero attached hydrogens (tertiary/aromatic N) is 2. The van der Waals surface area contributed by atoms with E-state index in [1.807, 2.05) is 0 Å². The fraction of sp³-hybridized carbons (Fsp3) is 0.467. The van der Waals surface area contributed by atoms with E-state index < -0.39 is 5.97 Å². The first kappa shape index (κ1) is 15.3. The van der Waals surface area contributed by atoms with Crippen LogP contribution in [0.4, 0.5) is 10.1 Å². The minimum atomic E-state index is -0.871. The van der Waals surface area contributed by atoms with Crippen molar-refractivity contribution in [3.8, 4) is 0 Å². The zero-order valence-corrected chi connectivity index (χ0v) is 11.8. The van der Waals surface area contributed by atoms with Gasteiger partial charge in [0.1, 0.15) is 5.82 Å². The maximum absolute atomic E-state index is 12.9. The summed E-state index contributed by atoms with van der Waals surface area (Å²) in [6, 6.07) is 6.33. The van der Waals surface area contributed by atoms with Gasteiger partial charge in [-0.1, -0.05) is 0 Å². The molecule has 1 saturated heterocycles. The van der Waals surface area contributed by atoms with Crippen LogP contribution in [0.3, 0.4) is 0 Å². The molecule has 1 aromatic rings. The highest BCUT2D eigenvalue weighted by atomic mass is 19.1. The molecule has 0 unspecified atom stereocenters. The van der Waals surface area contributed by atoms with Crippen LogP contribution < -0.4 is 4.90 Å². The summed E-state index contributed by atoms with van der Waals surface area (Å²) in [7, 11) is 0. The molecule has 0 saturated carbocycles. The molecule has 1 amide bonds. The van der Waals surface area contributed by atoms with Gasteiger partial charge in [0.25, 0.3) is 0 Å². The largest absolute Gasteiger partial charge is 0.481 e. The summed E-state index contributed by atoms with van der Waals surface area (Å²) in [6.07, 6.45) is 0.691. The molecule has 5 nitrogen and oxygen atoms in total. The number of hydrogen-bond acceptors (Lipinski definition) is 3. The second kappa shape index (κ2) is 7.06. The first-order valence-corrected chi connectivity index (χ1v) is 7.06. The summed E-state index contributed by atoms with van der Waals surface area (Å²) in [5.74, 6) is -1.12. The van der Waals surface area contributed by atoms with Crippen LogP contribution in [0.15, 0.2) is 24.3 Å². The molecule has 6 heteroatoms. The number of carboxylic acids is 1. The number of amides is 1. The number of aliphatic carboxylic acids is 1. The quantitative estimate of drug-likeness (QED) is 0.898. The minimum Gasteiger partial charge on any atom is -0.481 e. The molecule has 0 aromatic heterocycles. The van der Waals surface area contributed by atoms with Gasteiger partial charge in [-0.3, -0.25) is 9.59 Å². The predicted octanol–water partition coefficient (Wildman–Crippen LogP) is 1.73. The van der Waals surface area contributed by atoms with E-state index in [1.54, 1.807) is 17.0 Å². The normalized spacial score (nSPS) is 15.1. The number of anilines is 1. The lowest BCUT2D eigenvalue weighted by atomic mass is 10.2. The summed E-state index contributed by atoms with van der Waals surface area (Å²) < 4.78 is 12.9. The number of benzene rings is 1. The van der Waals surface area contributed by atoms with Crippen molar-refractivity contribution in [2.75, 3.05) is 31.1 Å². The molecule has 1 N–H and O–H groups in total. The van der Waals surface area contributed by atoms with Crippen molar-refractivity contribution in [2.24, 2.45) is 0 Å². The highest BCUT2D eigenvalue weighted by molar-refractivity contribution is 5.77. The Morgan fingerprint density at radius 1 is 1.05 bits per heavy atom. The van der Waals surface area contributed by atoms with Crippen LogP contribution in [0.1, 0.15) is 19.3 Å². The molecular formula is C15H19FN2O3. The number of carbonyl (C=O) groups is 2.